The monoisotopic (exact) mass is 194 g/mol. The fourth-order valence-corrected chi connectivity index (χ4v) is 2.80. The molecule has 0 atom stereocenters. The summed E-state index contributed by atoms with van der Waals surface area (Å²) < 4.78 is 20.7. The lowest BCUT2D eigenvalue weighted by molar-refractivity contribution is -0.0107. The van der Waals surface area contributed by atoms with E-state index in [2.05, 4.69) is 6.92 Å². The normalized spacial score (nSPS) is 12.0. The zero-order valence-electron chi connectivity index (χ0n) is 8.25. The minimum atomic E-state index is -2.39. The van der Waals surface area contributed by atoms with Crippen molar-refractivity contribution >= 4 is 8.80 Å². The van der Waals surface area contributed by atoms with Crippen LogP contribution < -0.4 is 0 Å². The molecule has 0 aromatic carbocycles. The van der Waals surface area contributed by atoms with E-state index in [0.29, 0.717) is 0 Å². The molecule has 12 heavy (non-hydrogen) atoms. The fraction of sp³-hybridized carbons (Fsp3) is 1.00. The highest BCUT2D eigenvalue weighted by Crippen LogP contribution is 2.15. The standard InChI is InChI=1S/C7H18O4Si/c1-5-6-12(9-3,10-4)11-7-8-2/h5-7H2,1-4H3. The molecule has 0 aliphatic rings. The van der Waals surface area contributed by atoms with Crippen molar-refractivity contribution < 1.29 is 18.0 Å². The lowest BCUT2D eigenvalue weighted by atomic mass is 10.6. The van der Waals surface area contributed by atoms with E-state index in [0.717, 1.165) is 12.5 Å². The summed E-state index contributed by atoms with van der Waals surface area (Å²) in [4.78, 5) is 0. The molecule has 0 rings (SSSR count). The zero-order valence-corrected chi connectivity index (χ0v) is 9.25. The fourth-order valence-electron chi connectivity index (χ4n) is 0.932. The number of methoxy groups -OCH3 is 1. The third-order valence-electron chi connectivity index (χ3n) is 1.57. The Kier molecular flexibility index (Phi) is 6.59. The Morgan fingerprint density at radius 3 is 2.00 bits per heavy atom. The molecule has 4 nitrogen and oxygen atoms in total. The van der Waals surface area contributed by atoms with Crippen LogP contribution in [0.25, 0.3) is 0 Å². The predicted molar refractivity (Wildman–Crippen MR) is 47.8 cm³/mol. The summed E-state index contributed by atoms with van der Waals surface area (Å²) in [6.07, 6.45) is 0.984. The van der Waals surface area contributed by atoms with Crippen LogP contribution in [0.2, 0.25) is 6.04 Å². The van der Waals surface area contributed by atoms with E-state index in [1.807, 2.05) is 0 Å². The second kappa shape index (κ2) is 6.56. The number of ether oxygens (including phenoxy) is 1. The van der Waals surface area contributed by atoms with Crippen LogP contribution in [0, 0.1) is 0 Å². The van der Waals surface area contributed by atoms with E-state index in [4.69, 9.17) is 18.0 Å². The van der Waals surface area contributed by atoms with E-state index >= 15 is 0 Å². The third-order valence-corrected chi connectivity index (χ3v) is 4.49. The van der Waals surface area contributed by atoms with E-state index < -0.39 is 8.80 Å². The topological polar surface area (TPSA) is 36.9 Å². The molecule has 0 unspecified atom stereocenters. The van der Waals surface area contributed by atoms with E-state index in [9.17, 15) is 0 Å². The van der Waals surface area contributed by atoms with Crippen molar-refractivity contribution in [2.75, 3.05) is 28.1 Å². The van der Waals surface area contributed by atoms with Crippen LogP contribution in [0.5, 0.6) is 0 Å². The third kappa shape index (κ3) is 3.64. The summed E-state index contributed by atoms with van der Waals surface area (Å²) in [6, 6.07) is 0.823. The molecule has 0 fully saturated rings. The Balaban J connectivity index is 3.95. The van der Waals surface area contributed by atoms with Crippen LogP contribution in [0.1, 0.15) is 13.3 Å². The maximum absolute atomic E-state index is 5.39. The van der Waals surface area contributed by atoms with Gasteiger partial charge in [-0.05, 0) is 0 Å². The molecule has 0 bridgehead atoms. The van der Waals surface area contributed by atoms with Gasteiger partial charge in [0, 0.05) is 27.4 Å². The van der Waals surface area contributed by atoms with Gasteiger partial charge in [0.1, 0.15) is 6.79 Å². The summed E-state index contributed by atoms with van der Waals surface area (Å²) in [6.45, 7) is 2.30. The van der Waals surface area contributed by atoms with Crippen molar-refractivity contribution in [1.82, 2.24) is 0 Å². The lowest BCUT2D eigenvalue weighted by Gasteiger charge is -2.25. The molecule has 5 heteroatoms. The lowest BCUT2D eigenvalue weighted by Crippen LogP contribution is -2.44. The van der Waals surface area contributed by atoms with Crippen molar-refractivity contribution in [2.45, 2.75) is 19.4 Å². The first-order valence-electron chi connectivity index (χ1n) is 3.98. The molecular formula is C7H18O4Si. The maximum atomic E-state index is 5.39. The molecule has 0 aromatic rings. The predicted octanol–water partition coefficient (Wildman–Crippen LogP) is 1.25. The van der Waals surface area contributed by atoms with Crippen molar-refractivity contribution in [3.8, 4) is 0 Å². The number of hydrogen-bond acceptors (Lipinski definition) is 4. The summed E-state index contributed by atoms with van der Waals surface area (Å²) in [7, 11) is 2.41. The van der Waals surface area contributed by atoms with E-state index in [1.54, 1.807) is 21.3 Å². The summed E-state index contributed by atoms with van der Waals surface area (Å²) >= 11 is 0. The van der Waals surface area contributed by atoms with Crippen LogP contribution in [-0.2, 0) is 18.0 Å². The quantitative estimate of drug-likeness (QED) is 0.451. The highest BCUT2D eigenvalue weighted by molar-refractivity contribution is 6.60. The van der Waals surface area contributed by atoms with Crippen molar-refractivity contribution in [3.05, 3.63) is 0 Å². The van der Waals surface area contributed by atoms with Gasteiger partial charge in [0.05, 0.1) is 0 Å². The first-order chi connectivity index (χ1) is 5.74. The Bertz CT molecular complexity index is 106. The van der Waals surface area contributed by atoms with Gasteiger partial charge < -0.3 is 18.0 Å². The minimum Gasteiger partial charge on any atom is -0.377 e. The summed E-state index contributed by atoms with van der Waals surface area (Å²) in [5.74, 6) is 0. The van der Waals surface area contributed by atoms with Gasteiger partial charge in [0.15, 0.2) is 0 Å². The molecule has 0 aliphatic carbocycles. The summed E-state index contributed by atoms with van der Waals surface area (Å²) in [5, 5.41) is 0. The highest BCUT2D eigenvalue weighted by atomic mass is 28.4. The Morgan fingerprint density at radius 1 is 1.08 bits per heavy atom. The molecule has 0 saturated heterocycles. The number of rotatable bonds is 7. The molecule has 74 valence electrons. The second-order valence-electron chi connectivity index (χ2n) is 2.39. The van der Waals surface area contributed by atoms with Gasteiger partial charge in [-0.1, -0.05) is 13.3 Å². The number of hydrogen-bond donors (Lipinski definition) is 0. The molecule has 0 heterocycles. The maximum Gasteiger partial charge on any atom is 0.502 e. The average Bonchev–Trinajstić information content (AvgIpc) is 2.13. The van der Waals surface area contributed by atoms with Crippen LogP contribution in [-0.4, -0.2) is 36.9 Å². The Labute approximate surface area is 75.1 Å². The van der Waals surface area contributed by atoms with Crippen molar-refractivity contribution in [1.29, 1.82) is 0 Å². The van der Waals surface area contributed by atoms with Gasteiger partial charge in [0.25, 0.3) is 0 Å². The van der Waals surface area contributed by atoms with Crippen LogP contribution >= 0.6 is 0 Å². The Morgan fingerprint density at radius 2 is 1.67 bits per heavy atom. The minimum absolute atomic E-state index is 0.230. The molecule has 0 N–H and O–H groups in total. The SMILES string of the molecule is CCC[Si](OC)(OC)OCOC. The first kappa shape index (κ1) is 12.1. The first-order valence-corrected chi connectivity index (χ1v) is 5.91. The molecule has 0 saturated carbocycles. The van der Waals surface area contributed by atoms with Gasteiger partial charge in [-0.3, -0.25) is 0 Å². The van der Waals surface area contributed by atoms with Crippen LogP contribution in [0.3, 0.4) is 0 Å². The smallest absolute Gasteiger partial charge is 0.377 e. The molecule has 0 aliphatic heterocycles. The van der Waals surface area contributed by atoms with Gasteiger partial charge >= 0.3 is 8.80 Å². The van der Waals surface area contributed by atoms with E-state index in [-0.39, 0.29) is 6.79 Å². The van der Waals surface area contributed by atoms with Gasteiger partial charge in [-0.25, -0.2) is 0 Å². The molecular weight excluding hydrogens is 176 g/mol. The van der Waals surface area contributed by atoms with Crippen molar-refractivity contribution in [3.63, 3.8) is 0 Å². The van der Waals surface area contributed by atoms with Gasteiger partial charge in [0.2, 0.25) is 0 Å². The van der Waals surface area contributed by atoms with Gasteiger partial charge in [-0.15, -0.1) is 0 Å². The molecule has 0 spiro atoms. The van der Waals surface area contributed by atoms with Crippen LogP contribution in [0.15, 0.2) is 0 Å². The van der Waals surface area contributed by atoms with E-state index in [1.165, 1.54) is 0 Å². The highest BCUT2D eigenvalue weighted by Gasteiger charge is 2.37. The molecule has 0 amide bonds. The van der Waals surface area contributed by atoms with Gasteiger partial charge in [-0.2, -0.15) is 0 Å². The largest absolute Gasteiger partial charge is 0.502 e. The zero-order chi connectivity index (χ0) is 9.45. The summed E-state index contributed by atoms with van der Waals surface area (Å²) in [5.41, 5.74) is 0. The second-order valence-corrected chi connectivity index (χ2v) is 5.36. The molecule has 0 aromatic heterocycles. The van der Waals surface area contributed by atoms with Crippen molar-refractivity contribution in [2.24, 2.45) is 0 Å². The van der Waals surface area contributed by atoms with Crippen LogP contribution in [0.4, 0.5) is 0 Å². The molecule has 0 radical (unpaired) electrons. The average molecular weight is 194 g/mol. The Hall–Kier alpha value is 0.0569.